The number of hydrogen-bond donors (Lipinski definition) is 2. The Balaban J connectivity index is 3.02. The molecular weight excluding hydrogens is 290 g/mol. The van der Waals surface area contributed by atoms with Gasteiger partial charge in [0.25, 0.3) is 0 Å². The number of nitrogens with one attached hydrogen (secondary N) is 1. The van der Waals surface area contributed by atoms with Crippen LogP contribution in [-0.4, -0.2) is 38.0 Å². The molecule has 7 nitrogen and oxygen atoms in total. The number of alkyl carbamates (subject to hydrolysis) is 1. The average Bonchev–Trinajstić information content (AvgIpc) is 2.51. The molecule has 0 radical (unpaired) electrons. The van der Waals surface area contributed by atoms with Crippen molar-refractivity contribution in [1.29, 1.82) is 0 Å². The largest absolute Gasteiger partial charge is 0.497 e. The second kappa shape index (κ2) is 8.56. The first-order chi connectivity index (χ1) is 10.5. The van der Waals surface area contributed by atoms with Gasteiger partial charge in [-0.2, -0.15) is 0 Å². The highest BCUT2D eigenvalue weighted by atomic mass is 16.5. The molecule has 2 N–H and O–H groups in total. The quantitative estimate of drug-likeness (QED) is 0.714. The van der Waals surface area contributed by atoms with Gasteiger partial charge in [0.05, 0.1) is 26.7 Å². The van der Waals surface area contributed by atoms with Gasteiger partial charge in [0, 0.05) is 11.6 Å². The number of aliphatic carboxylic acids is 1. The summed E-state index contributed by atoms with van der Waals surface area (Å²) in [4.78, 5) is 22.7. The Morgan fingerprint density at radius 1 is 1.36 bits per heavy atom. The smallest absolute Gasteiger partial charge is 0.407 e. The van der Waals surface area contributed by atoms with E-state index in [1.807, 2.05) is 0 Å². The summed E-state index contributed by atoms with van der Waals surface area (Å²) < 4.78 is 15.1. The number of amides is 1. The molecule has 1 atom stereocenters. The molecule has 0 aliphatic heterocycles. The Morgan fingerprint density at radius 2 is 2.09 bits per heavy atom. The van der Waals surface area contributed by atoms with E-state index in [0.29, 0.717) is 17.1 Å². The molecule has 0 spiro atoms. The standard InChI is InChI=1S/C15H19NO6/c1-4-7-22-15(19)16-12(9-14(17)18)11-6-5-10(20-2)8-13(11)21-3/h4-6,8,12H,1,7,9H2,2-3H3,(H,16,19)(H,17,18). The number of ether oxygens (including phenoxy) is 3. The fraction of sp³-hybridized carbons (Fsp3) is 0.333. The lowest BCUT2D eigenvalue weighted by atomic mass is 10.0. The molecule has 0 heterocycles. The van der Waals surface area contributed by atoms with E-state index >= 15 is 0 Å². The van der Waals surface area contributed by atoms with Crippen LogP contribution in [0.3, 0.4) is 0 Å². The molecule has 1 unspecified atom stereocenters. The van der Waals surface area contributed by atoms with Gasteiger partial charge in [0.15, 0.2) is 0 Å². The minimum absolute atomic E-state index is 0.0331. The van der Waals surface area contributed by atoms with Crippen LogP contribution in [0.2, 0.25) is 0 Å². The average molecular weight is 309 g/mol. The van der Waals surface area contributed by atoms with Gasteiger partial charge in [-0.25, -0.2) is 4.79 Å². The van der Waals surface area contributed by atoms with Gasteiger partial charge in [0.2, 0.25) is 0 Å². The Bertz CT molecular complexity index is 543. The summed E-state index contributed by atoms with van der Waals surface area (Å²) in [6, 6.07) is 4.11. The maximum Gasteiger partial charge on any atom is 0.407 e. The third-order valence-electron chi connectivity index (χ3n) is 2.82. The highest BCUT2D eigenvalue weighted by Crippen LogP contribution is 2.31. The fourth-order valence-corrected chi connectivity index (χ4v) is 1.84. The molecule has 0 bridgehead atoms. The summed E-state index contributed by atoms with van der Waals surface area (Å²) in [7, 11) is 2.96. The number of hydrogen-bond acceptors (Lipinski definition) is 5. The molecule has 1 rings (SSSR count). The summed E-state index contributed by atoms with van der Waals surface area (Å²) >= 11 is 0. The Labute approximate surface area is 128 Å². The van der Waals surface area contributed by atoms with Gasteiger partial charge in [-0.3, -0.25) is 4.79 Å². The molecule has 0 aliphatic carbocycles. The van der Waals surface area contributed by atoms with E-state index in [4.69, 9.17) is 19.3 Å². The lowest BCUT2D eigenvalue weighted by Gasteiger charge is -2.20. The minimum Gasteiger partial charge on any atom is -0.497 e. The van der Waals surface area contributed by atoms with Crippen molar-refractivity contribution in [2.45, 2.75) is 12.5 Å². The Kier molecular flexibility index (Phi) is 6.75. The minimum atomic E-state index is -1.06. The number of carboxylic acids is 1. The maximum atomic E-state index is 11.7. The van der Waals surface area contributed by atoms with Crippen LogP contribution in [-0.2, 0) is 9.53 Å². The first kappa shape index (κ1) is 17.4. The summed E-state index contributed by atoms with van der Waals surface area (Å²) in [5.74, 6) is -0.0922. The van der Waals surface area contributed by atoms with Crippen LogP contribution in [0, 0.1) is 0 Å². The van der Waals surface area contributed by atoms with Crippen molar-refractivity contribution in [2.75, 3.05) is 20.8 Å². The number of methoxy groups -OCH3 is 2. The number of rotatable bonds is 8. The molecule has 0 saturated carbocycles. The highest BCUT2D eigenvalue weighted by Gasteiger charge is 2.22. The molecule has 7 heteroatoms. The van der Waals surface area contributed by atoms with Crippen molar-refractivity contribution in [3.63, 3.8) is 0 Å². The first-order valence-corrected chi connectivity index (χ1v) is 6.49. The summed E-state index contributed by atoms with van der Waals surface area (Å²) in [5, 5.41) is 11.5. The fourth-order valence-electron chi connectivity index (χ4n) is 1.84. The zero-order valence-corrected chi connectivity index (χ0v) is 12.5. The van der Waals surface area contributed by atoms with E-state index < -0.39 is 18.1 Å². The second-order valence-electron chi connectivity index (χ2n) is 4.29. The molecule has 1 aromatic rings. The normalized spacial score (nSPS) is 11.2. The van der Waals surface area contributed by atoms with Crippen molar-refractivity contribution >= 4 is 12.1 Å². The zero-order chi connectivity index (χ0) is 16.5. The van der Waals surface area contributed by atoms with E-state index in [1.54, 1.807) is 18.2 Å². The van der Waals surface area contributed by atoms with E-state index in [2.05, 4.69) is 11.9 Å². The van der Waals surface area contributed by atoms with Gasteiger partial charge in [-0.15, -0.1) is 0 Å². The molecule has 0 fully saturated rings. The Morgan fingerprint density at radius 3 is 2.64 bits per heavy atom. The van der Waals surface area contributed by atoms with Crippen LogP contribution >= 0.6 is 0 Å². The van der Waals surface area contributed by atoms with Gasteiger partial charge in [-0.1, -0.05) is 12.7 Å². The van der Waals surface area contributed by atoms with Gasteiger partial charge >= 0.3 is 12.1 Å². The predicted octanol–water partition coefficient (Wildman–Crippen LogP) is 2.13. The zero-order valence-electron chi connectivity index (χ0n) is 12.5. The summed E-state index contributed by atoms with van der Waals surface area (Å²) in [5.41, 5.74) is 0.515. The molecule has 22 heavy (non-hydrogen) atoms. The van der Waals surface area contributed by atoms with Crippen LogP contribution in [0.4, 0.5) is 4.79 Å². The molecule has 0 saturated heterocycles. The van der Waals surface area contributed by atoms with Gasteiger partial charge < -0.3 is 24.6 Å². The van der Waals surface area contributed by atoms with Crippen molar-refractivity contribution in [2.24, 2.45) is 0 Å². The van der Waals surface area contributed by atoms with E-state index in [-0.39, 0.29) is 13.0 Å². The molecule has 1 amide bonds. The molecule has 1 aromatic carbocycles. The van der Waals surface area contributed by atoms with E-state index in [9.17, 15) is 9.59 Å². The molecular formula is C15H19NO6. The van der Waals surface area contributed by atoms with E-state index in [0.717, 1.165) is 0 Å². The van der Waals surface area contributed by atoms with Crippen molar-refractivity contribution in [3.8, 4) is 11.5 Å². The first-order valence-electron chi connectivity index (χ1n) is 6.49. The third-order valence-corrected chi connectivity index (χ3v) is 2.82. The molecule has 120 valence electrons. The summed E-state index contributed by atoms with van der Waals surface area (Å²) in [6.07, 6.45) is 0.370. The van der Waals surface area contributed by atoms with Crippen LogP contribution < -0.4 is 14.8 Å². The number of carbonyl (C=O) groups is 2. The van der Waals surface area contributed by atoms with Crippen molar-refractivity contribution in [1.82, 2.24) is 5.32 Å². The van der Waals surface area contributed by atoms with Crippen LogP contribution in [0.25, 0.3) is 0 Å². The van der Waals surface area contributed by atoms with Crippen LogP contribution in [0.15, 0.2) is 30.9 Å². The summed E-state index contributed by atoms with van der Waals surface area (Å²) in [6.45, 7) is 3.46. The van der Waals surface area contributed by atoms with Crippen molar-refractivity contribution in [3.05, 3.63) is 36.4 Å². The monoisotopic (exact) mass is 309 g/mol. The Hall–Kier alpha value is -2.70. The topological polar surface area (TPSA) is 94.1 Å². The van der Waals surface area contributed by atoms with Gasteiger partial charge in [0.1, 0.15) is 18.1 Å². The predicted molar refractivity (Wildman–Crippen MR) is 79.2 cm³/mol. The molecule has 0 aliphatic rings. The second-order valence-corrected chi connectivity index (χ2v) is 4.29. The lowest BCUT2D eigenvalue weighted by Crippen LogP contribution is -2.31. The van der Waals surface area contributed by atoms with Crippen LogP contribution in [0.1, 0.15) is 18.0 Å². The van der Waals surface area contributed by atoms with Crippen LogP contribution in [0.5, 0.6) is 11.5 Å². The SMILES string of the molecule is C=CCOC(=O)NC(CC(=O)O)c1ccc(OC)cc1OC. The third kappa shape index (κ3) is 5.01. The van der Waals surface area contributed by atoms with Gasteiger partial charge in [-0.05, 0) is 12.1 Å². The number of carboxylic acid groups (broad SMARTS) is 1. The number of benzene rings is 1. The highest BCUT2D eigenvalue weighted by molar-refractivity contribution is 5.72. The number of carbonyl (C=O) groups excluding carboxylic acids is 1. The van der Waals surface area contributed by atoms with Crippen molar-refractivity contribution < 1.29 is 28.9 Å². The lowest BCUT2D eigenvalue weighted by molar-refractivity contribution is -0.137. The maximum absolute atomic E-state index is 11.7. The molecule has 0 aromatic heterocycles. The van der Waals surface area contributed by atoms with E-state index in [1.165, 1.54) is 20.3 Å².